The summed E-state index contributed by atoms with van der Waals surface area (Å²) in [4.78, 5) is 17.7. The maximum atomic E-state index is 12.1. The summed E-state index contributed by atoms with van der Waals surface area (Å²) in [6, 6.07) is 12.3. The molecule has 3 aromatic rings. The van der Waals surface area contributed by atoms with Crippen LogP contribution in [0.1, 0.15) is 20.8 Å². The molecule has 0 fully saturated rings. The van der Waals surface area contributed by atoms with Crippen molar-refractivity contribution in [3.8, 4) is 10.4 Å². The molecule has 0 bridgehead atoms. The fourth-order valence-corrected chi connectivity index (χ4v) is 5.43. The summed E-state index contributed by atoms with van der Waals surface area (Å²) in [5.41, 5.74) is 2.12. The third-order valence-corrected chi connectivity index (χ3v) is 6.59. The number of pyridine rings is 1. The summed E-state index contributed by atoms with van der Waals surface area (Å²) in [5, 5.41) is 1.11. The highest BCUT2D eigenvalue weighted by molar-refractivity contribution is 9.10. The number of rotatable bonds is 5. The van der Waals surface area contributed by atoms with Gasteiger partial charge in [0.2, 0.25) is 0 Å². The summed E-state index contributed by atoms with van der Waals surface area (Å²) < 4.78 is 6.68. The van der Waals surface area contributed by atoms with E-state index in [1.165, 1.54) is 11.8 Å². The number of benzene rings is 1. The zero-order valence-electron chi connectivity index (χ0n) is 14.2. The van der Waals surface area contributed by atoms with E-state index in [1.807, 2.05) is 45.2 Å². The number of thiophene rings is 1. The Morgan fingerprint density at radius 3 is 2.84 bits per heavy atom. The number of hydrogen-bond donors (Lipinski definition) is 0. The molecule has 6 heteroatoms. The van der Waals surface area contributed by atoms with Crippen LogP contribution in [0.5, 0.6) is 0 Å². The molecule has 2 aromatic heterocycles. The van der Waals surface area contributed by atoms with Crippen LogP contribution >= 0.6 is 39.0 Å². The van der Waals surface area contributed by atoms with Crippen LogP contribution in [-0.2, 0) is 9.53 Å². The SMILES string of the molecule is CCOC(=O)C(C)(C)Sc1ccc(-c2ccnc3ccc(Br)cc23)s1. The number of thioether (sulfide) groups is 1. The summed E-state index contributed by atoms with van der Waals surface area (Å²) in [5.74, 6) is -0.187. The summed E-state index contributed by atoms with van der Waals surface area (Å²) in [6.07, 6.45) is 1.83. The third kappa shape index (κ3) is 4.07. The van der Waals surface area contributed by atoms with Crippen LogP contribution in [0.25, 0.3) is 21.3 Å². The van der Waals surface area contributed by atoms with Crippen molar-refractivity contribution in [2.24, 2.45) is 0 Å². The van der Waals surface area contributed by atoms with E-state index in [0.29, 0.717) is 6.61 Å². The number of hydrogen-bond acceptors (Lipinski definition) is 5. The van der Waals surface area contributed by atoms with Gasteiger partial charge in [-0.3, -0.25) is 9.78 Å². The van der Waals surface area contributed by atoms with Gasteiger partial charge in [0.25, 0.3) is 0 Å². The van der Waals surface area contributed by atoms with Crippen LogP contribution < -0.4 is 0 Å². The summed E-state index contributed by atoms with van der Waals surface area (Å²) in [6.45, 7) is 6.02. The van der Waals surface area contributed by atoms with Crippen molar-refractivity contribution < 1.29 is 9.53 Å². The average molecular weight is 436 g/mol. The molecule has 2 heterocycles. The Hall–Kier alpha value is -1.37. The lowest BCUT2D eigenvalue weighted by Crippen LogP contribution is -2.29. The first-order valence-corrected chi connectivity index (χ1v) is 10.3. The van der Waals surface area contributed by atoms with Gasteiger partial charge >= 0.3 is 5.97 Å². The van der Waals surface area contributed by atoms with E-state index in [2.05, 4.69) is 39.1 Å². The molecule has 0 atom stereocenters. The standard InChI is InChI=1S/C19H18BrNO2S2/c1-4-23-18(22)19(2,3)25-17-8-7-16(24-17)13-9-10-21-15-6-5-12(20)11-14(13)15/h5-11H,4H2,1-3H3. The molecule has 0 N–H and O–H groups in total. The predicted octanol–water partition coefficient (Wildman–Crippen LogP) is 6.16. The molecule has 0 saturated carbocycles. The third-order valence-electron chi connectivity index (χ3n) is 3.67. The number of esters is 1. The first-order chi connectivity index (χ1) is 11.9. The van der Waals surface area contributed by atoms with Gasteiger partial charge < -0.3 is 4.74 Å². The molecule has 0 aliphatic carbocycles. The maximum Gasteiger partial charge on any atom is 0.322 e. The Labute approximate surface area is 163 Å². The minimum atomic E-state index is -0.610. The quantitative estimate of drug-likeness (QED) is 0.355. The van der Waals surface area contributed by atoms with Gasteiger partial charge in [0, 0.05) is 26.5 Å². The molecule has 3 nitrogen and oxygen atoms in total. The van der Waals surface area contributed by atoms with Crippen molar-refractivity contribution >= 4 is 55.9 Å². The number of nitrogens with zero attached hydrogens (tertiary/aromatic N) is 1. The van der Waals surface area contributed by atoms with Crippen molar-refractivity contribution in [1.29, 1.82) is 0 Å². The fraction of sp³-hybridized carbons (Fsp3) is 0.263. The minimum Gasteiger partial charge on any atom is -0.465 e. The second-order valence-electron chi connectivity index (χ2n) is 5.97. The van der Waals surface area contributed by atoms with Crippen LogP contribution in [-0.4, -0.2) is 22.3 Å². The number of fused-ring (bicyclic) bond motifs is 1. The predicted molar refractivity (Wildman–Crippen MR) is 109 cm³/mol. The molecule has 1 aromatic carbocycles. The first kappa shape index (κ1) is 18.4. The van der Waals surface area contributed by atoms with Gasteiger partial charge in [0.05, 0.1) is 16.3 Å². The van der Waals surface area contributed by atoms with Gasteiger partial charge in [0.15, 0.2) is 0 Å². The molecule has 0 saturated heterocycles. The van der Waals surface area contributed by atoms with E-state index in [1.54, 1.807) is 11.3 Å². The van der Waals surface area contributed by atoms with Crippen molar-refractivity contribution in [3.05, 3.63) is 47.1 Å². The Balaban J connectivity index is 1.92. The first-order valence-electron chi connectivity index (χ1n) is 7.91. The molecule has 3 rings (SSSR count). The van der Waals surface area contributed by atoms with E-state index >= 15 is 0 Å². The van der Waals surface area contributed by atoms with Crippen molar-refractivity contribution in [1.82, 2.24) is 4.98 Å². The molecule has 25 heavy (non-hydrogen) atoms. The molecular weight excluding hydrogens is 418 g/mol. The second-order valence-corrected chi connectivity index (χ2v) is 9.89. The maximum absolute atomic E-state index is 12.1. The monoisotopic (exact) mass is 435 g/mol. The van der Waals surface area contributed by atoms with E-state index in [9.17, 15) is 4.79 Å². The Morgan fingerprint density at radius 2 is 2.08 bits per heavy atom. The zero-order chi connectivity index (χ0) is 18.0. The van der Waals surface area contributed by atoms with Crippen LogP contribution in [0.2, 0.25) is 0 Å². The minimum absolute atomic E-state index is 0.187. The van der Waals surface area contributed by atoms with E-state index in [-0.39, 0.29) is 5.97 Å². The van der Waals surface area contributed by atoms with Crippen molar-refractivity contribution in [2.45, 2.75) is 29.7 Å². The number of carbonyl (C=O) groups excluding carboxylic acids is 1. The van der Waals surface area contributed by atoms with E-state index in [4.69, 9.17) is 4.74 Å². The average Bonchev–Trinajstić information content (AvgIpc) is 3.02. The van der Waals surface area contributed by atoms with Crippen molar-refractivity contribution in [2.75, 3.05) is 6.61 Å². The molecule has 0 spiro atoms. The van der Waals surface area contributed by atoms with Gasteiger partial charge in [-0.25, -0.2) is 0 Å². The fourth-order valence-electron chi connectivity index (χ4n) is 2.45. The number of aromatic nitrogens is 1. The van der Waals surface area contributed by atoms with Crippen LogP contribution in [0.4, 0.5) is 0 Å². The van der Waals surface area contributed by atoms with Crippen LogP contribution in [0.3, 0.4) is 0 Å². The van der Waals surface area contributed by atoms with Gasteiger partial charge in [-0.15, -0.1) is 11.3 Å². The molecular formula is C19H18BrNO2S2. The zero-order valence-corrected chi connectivity index (χ0v) is 17.4. The topological polar surface area (TPSA) is 39.2 Å². The van der Waals surface area contributed by atoms with Gasteiger partial charge in [-0.1, -0.05) is 27.7 Å². The molecule has 0 aliphatic heterocycles. The van der Waals surface area contributed by atoms with Gasteiger partial charge in [0.1, 0.15) is 4.75 Å². The molecule has 130 valence electrons. The molecule has 0 aliphatic rings. The highest BCUT2D eigenvalue weighted by Gasteiger charge is 2.31. The van der Waals surface area contributed by atoms with E-state index in [0.717, 1.165) is 30.0 Å². The number of ether oxygens (including phenoxy) is 1. The van der Waals surface area contributed by atoms with Gasteiger partial charge in [-0.2, -0.15) is 0 Å². The number of carbonyl (C=O) groups is 1. The Bertz CT molecular complexity index is 921. The molecule has 0 radical (unpaired) electrons. The largest absolute Gasteiger partial charge is 0.465 e. The second kappa shape index (κ2) is 7.48. The van der Waals surface area contributed by atoms with E-state index < -0.39 is 4.75 Å². The molecule has 0 amide bonds. The Kier molecular flexibility index (Phi) is 5.51. The molecule has 0 unspecified atom stereocenters. The van der Waals surface area contributed by atoms with Crippen LogP contribution in [0, 0.1) is 0 Å². The lowest BCUT2D eigenvalue weighted by Gasteiger charge is -2.20. The highest BCUT2D eigenvalue weighted by Crippen LogP contribution is 2.42. The lowest BCUT2D eigenvalue weighted by molar-refractivity contribution is -0.145. The normalized spacial score (nSPS) is 11.7. The lowest BCUT2D eigenvalue weighted by atomic mass is 10.1. The van der Waals surface area contributed by atoms with Crippen molar-refractivity contribution in [3.63, 3.8) is 0 Å². The highest BCUT2D eigenvalue weighted by atomic mass is 79.9. The summed E-state index contributed by atoms with van der Waals surface area (Å²) in [7, 11) is 0. The summed E-state index contributed by atoms with van der Waals surface area (Å²) >= 11 is 6.75. The Morgan fingerprint density at radius 1 is 1.28 bits per heavy atom. The number of halogens is 1. The van der Waals surface area contributed by atoms with Gasteiger partial charge in [-0.05, 0) is 57.2 Å². The smallest absolute Gasteiger partial charge is 0.322 e. The van der Waals surface area contributed by atoms with Crippen LogP contribution in [0.15, 0.2) is 51.3 Å².